The maximum Gasteiger partial charge on any atom is 0.234 e. The number of ether oxygens (including phenoxy) is 3. The zero-order valence-corrected chi connectivity index (χ0v) is 19.4. The van der Waals surface area contributed by atoms with Crippen LogP contribution in [0.2, 0.25) is 0 Å². The third-order valence-electron chi connectivity index (χ3n) is 5.03. The van der Waals surface area contributed by atoms with Gasteiger partial charge in [0.05, 0.1) is 30.8 Å². The van der Waals surface area contributed by atoms with Crippen molar-refractivity contribution in [2.24, 2.45) is 0 Å². The van der Waals surface area contributed by atoms with Gasteiger partial charge in [-0.15, -0.1) is 10.2 Å². The number of amides is 1. The smallest absolute Gasteiger partial charge is 0.234 e. The first-order valence-electron chi connectivity index (χ1n) is 10.4. The Morgan fingerprint density at radius 3 is 2.88 bits per heavy atom. The number of thioether (sulfide) groups is 1. The van der Waals surface area contributed by atoms with E-state index in [4.69, 9.17) is 14.2 Å². The Morgan fingerprint density at radius 1 is 1.28 bits per heavy atom. The van der Waals surface area contributed by atoms with Crippen molar-refractivity contribution in [1.29, 1.82) is 0 Å². The van der Waals surface area contributed by atoms with Crippen molar-refractivity contribution in [1.82, 2.24) is 14.8 Å². The Bertz CT molecular complexity index is 1130. The number of aromatic nitrogens is 3. The number of benzene rings is 2. The maximum atomic E-state index is 12.8. The van der Waals surface area contributed by atoms with Gasteiger partial charge in [0.1, 0.15) is 29.2 Å². The van der Waals surface area contributed by atoms with Crippen LogP contribution in [0.4, 0.5) is 5.69 Å². The van der Waals surface area contributed by atoms with Gasteiger partial charge in [0.25, 0.3) is 0 Å². The SMILES string of the molecule is CCOc1cc2c(cc1NC(=O)CSc1nnc(C)n1-c1ccccc1OC)OC(C)C2. The van der Waals surface area contributed by atoms with E-state index in [1.165, 1.54) is 11.8 Å². The molecule has 0 bridgehead atoms. The number of hydrogen-bond acceptors (Lipinski definition) is 7. The molecule has 1 amide bonds. The molecule has 0 fully saturated rings. The molecular formula is C23H26N4O4S. The molecular weight excluding hydrogens is 428 g/mol. The van der Waals surface area contributed by atoms with Crippen LogP contribution < -0.4 is 19.5 Å². The topological polar surface area (TPSA) is 87.5 Å². The molecule has 168 valence electrons. The zero-order chi connectivity index (χ0) is 22.7. The second-order valence-electron chi connectivity index (χ2n) is 7.40. The van der Waals surface area contributed by atoms with E-state index in [0.717, 1.165) is 23.4 Å². The number of nitrogens with one attached hydrogen (secondary N) is 1. The third kappa shape index (κ3) is 4.52. The summed E-state index contributed by atoms with van der Waals surface area (Å²) < 4.78 is 18.9. The molecule has 1 N–H and O–H groups in total. The first-order valence-corrected chi connectivity index (χ1v) is 11.4. The Morgan fingerprint density at radius 2 is 2.09 bits per heavy atom. The van der Waals surface area contributed by atoms with Gasteiger partial charge in [0, 0.05) is 18.1 Å². The Balaban J connectivity index is 1.50. The fraction of sp³-hybridized carbons (Fsp3) is 0.348. The standard InChI is InChI=1S/C23H26N4O4S/c1-5-30-21-11-16-10-14(2)31-20(16)12-17(21)24-22(28)13-32-23-26-25-15(3)27(23)18-8-6-7-9-19(18)29-4/h6-9,11-12,14H,5,10,13H2,1-4H3,(H,24,28). The predicted octanol–water partition coefficient (Wildman–Crippen LogP) is 4.04. The second kappa shape index (κ2) is 9.52. The van der Waals surface area contributed by atoms with Crippen molar-refractivity contribution in [2.75, 3.05) is 24.8 Å². The largest absolute Gasteiger partial charge is 0.495 e. The molecule has 0 spiro atoms. The zero-order valence-electron chi connectivity index (χ0n) is 18.5. The average Bonchev–Trinajstić information content (AvgIpc) is 3.33. The molecule has 0 saturated carbocycles. The second-order valence-corrected chi connectivity index (χ2v) is 8.34. The molecule has 1 aliphatic heterocycles. The van der Waals surface area contributed by atoms with Gasteiger partial charge in [-0.25, -0.2) is 0 Å². The monoisotopic (exact) mass is 454 g/mol. The molecule has 2 heterocycles. The van der Waals surface area contributed by atoms with Crippen LogP contribution >= 0.6 is 11.8 Å². The molecule has 1 atom stereocenters. The van der Waals surface area contributed by atoms with E-state index >= 15 is 0 Å². The van der Waals surface area contributed by atoms with Crippen molar-refractivity contribution < 1.29 is 19.0 Å². The van der Waals surface area contributed by atoms with Gasteiger partial charge in [0.15, 0.2) is 5.16 Å². The van der Waals surface area contributed by atoms with Gasteiger partial charge in [-0.3, -0.25) is 9.36 Å². The summed E-state index contributed by atoms with van der Waals surface area (Å²) in [6, 6.07) is 11.4. The van der Waals surface area contributed by atoms with Crippen molar-refractivity contribution in [3.63, 3.8) is 0 Å². The lowest BCUT2D eigenvalue weighted by Gasteiger charge is -2.14. The molecule has 8 nitrogen and oxygen atoms in total. The average molecular weight is 455 g/mol. The normalized spacial score (nSPS) is 14.6. The van der Waals surface area contributed by atoms with Gasteiger partial charge in [0.2, 0.25) is 5.91 Å². The molecule has 2 aromatic carbocycles. The highest BCUT2D eigenvalue weighted by Gasteiger charge is 2.23. The highest BCUT2D eigenvalue weighted by atomic mass is 32.2. The Labute approximate surface area is 191 Å². The van der Waals surface area contributed by atoms with Crippen LogP contribution in [0.1, 0.15) is 25.2 Å². The number of aryl methyl sites for hydroxylation is 1. The first-order chi connectivity index (χ1) is 15.5. The number of anilines is 1. The summed E-state index contributed by atoms with van der Waals surface area (Å²) in [6.07, 6.45) is 0.947. The molecule has 9 heteroatoms. The summed E-state index contributed by atoms with van der Waals surface area (Å²) >= 11 is 1.30. The van der Waals surface area contributed by atoms with Gasteiger partial charge in [-0.05, 0) is 39.0 Å². The highest BCUT2D eigenvalue weighted by molar-refractivity contribution is 7.99. The van der Waals surface area contributed by atoms with Gasteiger partial charge in [-0.1, -0.05) is 23.9 Å². The maximum absolute atomic E-state index is 12.8. The van der Waals surface area contributed by atoms with Crippen LogP contribution in [-0.2, 0) is 11.2 Å². The number of methoxy groups -OCH3 is 1. The quantitative estimate of drug-likeness (QED) is 0.514. The molecule has 1 aliphatic rings. The minimum Gasteiger partial charge on any atom is -0.495 e. The summed E-state index contributed by atoms with van der Waals surface area (Å²) in [4.78, 5) is 12.8. The molecule has 0 radical (unpaired) electrons. The van der Waals surface area contributed by atoms with Crippen molar-refractivity contribution in [2.45, 2.75) is 38.5 Å². The van der Waals surface area contributed by atoms with Crippen molar-refractivity contribution >= 4 is 23.4 Å². The molecule has 3 aromatic rings. The number of nitrogens with zero attached hydrogens (tertiary/aromatic N) is 3. The van der Waals surface area contributed by atoms with E-state index in [-0.39, 0.29) is 17.8 Å². The minimum atomic E-state index is -0.172. The number of hydrogen-bond donors (Lipinski definition) is 1. The first kappa shape index (κ1) is 22.0. The summed E-state index contributed by atoms with van der Waals surface area (Å²) in [5, 5.41) is 12.0. The van der Waals surface area contributed by atoms with Gasteiger partial charge in [-0.2, -0.15) is 0 Å². The van der Waals surface area contributed by atoms with Crippen LogP contribution in [0, 0.1) is 6.92 Å². The molecule has 1 aromatic heterocycles. The summed E-state index contributed by atoms with van der Waals surface area (Å²) in [5.74, 6) is 2.84. The van der Waals surface area contributed by atoms with E-state index in [2.05, 4.69) is 15.5 Å². The van der Waals surface area contributed by atoms with Crippen molar-refractivity contribution in [3.8, 4) is 22.9 Å². The van der Waals surface area contributed by atoms with E-state index < -0.39 is 0 Å². The summed E-state index contributed by atoms with van der Waals surface area (Å²) in [6.45, 7) is 6.31. The third-order valence-corrected chi connectivity index (χ3v) is 5.95. The lowest BCUT2D eigenvalue weighted by molar-refractivity contribution is -0.113. The van der Waals surface area contributed by atoms with Crippen LogP contribution in [0.5, 0.6) is 17.2 Å². The number of para-hydroxylation sites is 2. The molecule has 0 saturated heterocycles. The van der Waals surface area contributed by atoms with Crippen LogP contribution in [0.3, 0.4) is 0 Å². The highest BCUT2D eigenvalue weighted by Crippen LogP contribution is 2.38. The number of carbonyl (C=O) groups excluding carboxylic acids is 1. The molecule has 32 heavy (non-hydrogen) atoms. The minimum absolute atomic E-state index is 0.116. The van der Waals surface area contributed by atoms with Crippen molar-refractivity contribution in [3.05, 3.63) is 47.8 Å². The number of fused-ring (bicyclic) bond motifs is 1. The fourth-order valence-corrected chi connectivity index (χ4v) is 4.45. The lowest BCUT2D eigenvalue weighted by atomic mass is 10.1. The van der Waals surface area contributed by atoms with E-state index in [1.54, 1.807) is 7.11 Å². The molecule has 1 unspecified atom stereocenters. The van der Waals surface area contributed by atoms with E-state index in [0.29, 0.717) is 34.8 Å². The van der Waals surface area contributed by atoms with Gasteiger partial charge < -0.3 is 19.5 Å². The van der Waals surface area contributed by atoms with Crippen LogP contribution in [0.25, 0.3) is 5.69 Å². The van der Waals surface area contributed by atoms with Crippen LogP contribution in [-0.4, -0.2) is 46.2 Å². The predicted molar refractivity (Wildman–Crippen MR) is 123 cm³/mol. The number of carbonyl (C=O) groups is 1. The Hall–Kier alpha value is -3.20. The summed E-state index contributed by atoms with van der Waals surface area (Å²) in [7, 11) is 1.62. The molecule has 0 aliphatic carbocycles. The van der Waals surface area contributed by atoms with E-state index in [1.807, 2.05) is 61.7 Å². The summed E-state index contributed by atoms with van der Waals surface area (Å²) in [5.41, 5.74) is 2.52. The van der Waals surface area contributed by atoms with E-state index in [9.17, 15) is 4.79 Å². The number of rotatable bonds is 8. The molecule has 4 rings (SSSR count). The fourth-order valence-electron chi connectivity index (χ4n) is 3.66. The van der Waals surface area contributed by atoms with Gasteiger partial charge >= 0.3 is 0 Å². The Kier molecular flexibility index (Phi) is 6.55. The van der Waals surface area contributed by atoms with Crippen LogP contribution in [0.15, 0.2) is 41.6 Å². The lowest BCUT2D eigenvalue weighted by Crippen LogP contribution is -2.15.